The van der Waals surface area contributed by atoms with Gasteiger partial charge >= 0.3 is 0 Å². The van der Waals surface area contributed by atoms with E-state index in [-0.39, 0.29) is 24.6 Å². The van der Waals surface area contributed by atoms with E-state index in [1.54, 1.807) is 41.3 Å². The molecule has 146 valence electrons. The van der Waals surface area contributed by atoms with Crippen LogP contribution >= 0.6 is 23.2 Å². The summed E-state index contributed by atoms with van der Waals surface area (Å²) in [6, 6.07) is 10.0. The number of likely N-dealkylation sites (tertiary alicyclic amines) is 1. The third-order valence-electron chi connectivity index (χ3n) is 4.92. The van der Waals surface area contributed by atoms with Gasteiger partial charge in [0, 0.05) is 30.3 Å². The molecule has 2 heterocycles. The molecule has 8 heteroatoms. The third kappa shape index (κ3) is 3.88. The second kappa shape index (κ2) is 7.89. The first kappa shape index (κ1) is 18.9. The first-order valence-electron chi connectivity index (χ1n) is 8.96. The third-order valence-corrected chi connectivity index (χ3v) is 5.66. The molecular weight excluding hydrogens is 403 g/mol. The molecule has 0 radical (unpaired) electrons. The Bertz CT molecular complexity index is 926. The average molecular weight is 421 g/mol. The van der Waals surface area contributed by atoms with E-state index in [1.807, 2.05) is 0 Å². The molecule has 0 aliphatic carbocycles. The van der Waals surface area contributed by atoms with Gasteiger partial charge in [-0.3, -0.25) is 9.59 Å². The maximum Gasteiger partial charge on any atom is 0.253 e. The van der Waals surface area contributed by atoms with Crippen LogP contribution in [-0.2, 0) is 0 Å². The highest BCUT2D eigenvalue weighted by Crippen LogP contribution is 2.32. The molecule has 0 atom stereocenters. The number of fused-ring (bicyclic) bond motifs is 1. The van der Waals surface area contributed by atoms with Gasteiger partial charge < -0.3 is 19.7 Å². The zero-order valence-electron chi connectivity index (χ0n) is 14.9. The number of carbonyl (C=O) groups is 2. The highest BCUT2D eigenvalue weighted by Gasteiger charge is 2.26. The maximum absolute atomic E-state index is 12.6. The monoisotopic (exact) mass is 420 g/mol. The fraction of sp³-hybridized carbons (Fsp3) is 0.300. The smallest absolute Gasteiger partial charge is 0.253 e. The average Bonchev–Trinajstić information content (AvgIpc) is 3.18. The predicted octanol–water partition coefficient (Wildman–Crippen LogP) is 3.76. The summed E-state index contributed by atoms with van der Waals surface area (Å²) in [4.78, 5) is 26.9. The van der Waals surface area contributed by atoms with Crippen molar-refractivity contribution in [2.75, 3.05) is 19.9 Å². The maximum atomic E-state index is 12.6. The number of hydrogen-bond acceptors (Lipinski definition) is 4. The number of ether oxygens (including phenoxy) is 2. The molecule has 0 aromatic heterocycles. The van der Waals surface area contributed by atoms with E-state index in [0.717, 1.165) is 0 Å². The first-order valence-corrected chi connectivity index (χ1v) is 9.72. The Morgan fingerprint density at radius 2 is 1.64 bits per heavy atom. The van der Waals surface area contributed by atoms with Gasteiger partial charge in [0.2, 0.25) is 6.79 Å². The largest absolute Gasteiger partial charge is 0.454 e. The molecule has 0 bridgehead atoms. The lowest BCUT2D eigenvalue weighted by atomic mass is 10.0. The quantitative estimate of drug-likeness (QED) is 0.820. The van der Waals surface area contributed by atoms with Crippen molar-refractivity contribution < 1.29 is 19.1 Å². The van der Waals surface area contributed by atoms with Crippen LogP contribution in [0.2, 0.25) is 10.0 Å². The molecule has 2 aromatic rings. The second-order valence-corrected chi connectivity index (χ2v) is 7.55. The van der Waals surface area contributed by atoms with Crippen LogP contribution in [0.5, 0.6) is 11.5 Å². The Balaban J connectivity index is 1.33. The minimum atomic E-state index is -0.160. The highest BCUT2D eigenvalue weighted by molar-refractivity contribution is 6.42. The van der Waals surface area contributed by atoms with E-state index >= 15 is 0 Å². The number of carbonyl (C=O) groups excluding carboxylic acids is 2. The molecule has 1 N–H and O–H groups in total. The number of piperidine rings is 1. The number of rotatable bonds is 3. The highest BCUT2D eigenvalue weighted by atomic mass is 35.5. The van der Waals surface area contributed by atoms with Crippen molar-refractivity contribution >= 4 is 35.0 Å². The van der Waals surface area contributed by atoms with E-state index in [2.05, 4.69) is 5.32 Å². The van der Waals surface area contributed by atoms with E-state index in [9.17, 15) is 9.59 Å². The molecule has 6 nitrogen and oxygen atoms in total. The zero-order chi connectivity index (χ0) is 19.7. The van der Waals surface area contributed by atoms with E-state index in [1.165, 1.54) is 0 Å². The molecular formula is C20H18Cl2N2O4. The van der Waals surface area contributed by atoms with Crippen molar-refractivity contribution in [2.45, 2.75) is 18.9 Å². The number of halogens is 2. The molecule has 2 amide bonds. The lowest BCUT2D eigenvalue weighted by Crippen LogP contribution is -2.46. The van der Waals surface area contributed by atoms with Gasteiger partial charge in [-0.2, -0.15) is 0 Å². The SMILES string of the molecule is O=C(NC1CCN(C(=O)c2ccc(Cl)c(Cl)c2)CC1)c1ccc2c(c1)OCO2. The fourth-order valence-corrected chi connectivity index (χ4v) is 3.64. The molecule has 0 unspecified atom stereocenters. The van der Waals surface area contributed by atoms with E-state index in [0.29, 0.717) is 58.6 Å². The van der Waals surface area contributed by atoms with Crippen LogP contribution in [0, 0.1) is 0 Å². The van der Waals surface area contributed by atoms with Crippen LogP contribution in [-0.4, -0.2) is 42.6 Å². The van der Waals surface area contributed by atoms with Crippen LogP contribution in [0.4, 0.5) is 0 Å². The second-order valence-electron chi connectivity index (χ2n) is 6.74. The number of hydrogen-bond donors (Lipinski definition) is 1. The topological polar surface area (TPSA) is 67.9 Å². The molecule has 0 spiro atoms. The van der Waals surface area contributed by atoms with Gasteiger partial charge in [0.05, 0.1) is 10.0 Å². The van der Waals surface area contributed by atoms with Crippen LogP contribution in [0.1, 0.15) is 33.6 Å². The summed E-state index contributed by atoms with van der Waals surface area (Å²) in [5.41, 5.74) is 1.04. The van der Waals surface area contributed by atoms with Crippen LogP contribution < -0.4 is 14.8 Å². The Hall–Kier alpha value is -2.44. The summed E-state index contributed by atoms with van der Waals surface area (Å²) in [5, 5.41) is 3.81. The summed E-state index contributed by atoms with van der Waals surface area (Å²) in [6.45, 7) is 1.29. The molecule has 2 aliphatic heterocycles. The molecule has 0 saturated carbocycles. The summed E-state index contributed by atoms with van der Waals surface area (Å²) in [5.74, 6) is 0.979. The van der Waals surface area contributed by atoms with Crippen LogP contribution in [0.15, 0.2) is 36.4 Å². The van der Waals surface area contributed by atoms with Crippen molar-refractivity contribution in [1.82, 2.24) is 10.2 Å². The van der Waals surface area contributed by atoms with Gasteiger partial charge in [-0.05, 0) is 49.2 Å². The minimum Gasteiger partial charge on any atom is -0.454 e. The molecule has 2 aliphatic rings. The summed E-state index contributed by atoms with van der Waals surface area (Å²) in [6.07, 6.45) is 1.37. The summed E-state index contributed by atoms with van der Waals surface area (Å²) in [7, 11) is 0. The van der Waals surface area contributed by atoms with Gasteiger partial charge in [-0.25, -0.2) is 0 Å². The zero-order valence-corrected chi connectivity index (χ0v) is 16.4. The number of nitrogens with zero attached hydrogens (tertiary/aromatic N) is 1. The lowest BCUT2D eigenvalue weighted by Gasteiger charge is -2.32. The van der Waals surface area contributed by atoms with Crippen molar-refractivity contribution in [3.8, 4) is 11.5 Å². The van der Waals surface area contributed by atoms with Gasteiger partial charge in [0.15, 0.2) is 11.5 Å². The predicted molar refractivity (Wildman–Crippen MR) is 105 cm³/mol. The minimum absolute atomic E-state index is 0.00998. The number of nitrogens with one attached hydrogen (secondary N) is 1. The lowest BCUT2D eigenvalue weighted by molar-refractivity contribution is 0.0698. The molecule has 2 aromatic carbocycles. The molecule has 4 rings (SSSR count). The summed E-state index contributed by atoms with van der Waals surface area (Å²) < 4.78 is 10.6. The number of benzene rings is 2. The summed E-state index contributed by atoms with van der Waals surface area (Å²) >= 11 is 11.9. The van der Waals surface area contributed by atoms with Gasteiger partial charge in [0.1, 0.15) is 0 Å². The van der Waals surface area contributed by atoms with Crippen molar-refractivity contribution in [2.24, 2.45) is 0 Å². The van der Waals surface area contributed by atoms with Gasteiger partial charge in [-0.15, -0.1) is 0 Å². The molecule has 1 fully saturated rings. The number of amides is 2. The van der Waals surface area contributed by atoms with Crippen molar-refractivity contribution in [3.63, 3.8) is 0 Å². The van der Waals surface area contributed by atoms with Crippen molar-refractivity contribution in [3.05, 3.63) is 57.6 Å². The Morgan fingerprint density at radius 3 is 2.39 bits per heavy atom. The Labute approximate surface area is 172 Å². The first-order chi connectivity index (χ1) is 13.5. The van der Waals surface area contributed by atoms with Crippen molar-refractivity contribution in [1.29, 1.82) is 0 Å². The van der Waals surface area contributed by atoms with Crippen LogP contribution in [0.3, 0.4) is 0 Å². The van der Waals surface area contributed by atoms with Gasteiger partial charge in [-0.1, -0.05) is 23.2 Å². The van der Waals surface area contributed by atoms with E-state index in [4.69, 9.17) is 32.7 Å². The van der Waals surface area contributed by atoms with Gasteiger partial charge in [0.25, 0.3) is 11.8 Å². The Morgan fingerprint density at radius 1 is 0.929 bits per heavy atom. The molecule has 28 heavy (non-hydrogen) atoms. The Kier molecular flexibility index (Phi) is 5.33. The van der Waals surface area contributed by atoms with Crippen LogP contribution in [0.25, 0.3) is 0 Å². The standard InChI is InChI=1S/C20H18Cl2N2O4/c21-15-3-1-13(9-16(15)22)20(26)24-7-5-14(6-8-24)23-19(25)12-2-4-17-18(10-12)28-11-27-17/h1-4,9-10,14H,5-8,11H2,(H,23,25). The van der Waals surface area contributed by atoms with E-state index < -0.39 is 0 Å². The fourth-order valence-electron chi connectivity index (χ4n) is 3.35. The normalized spacial score (nSPS) is 16.1. The molecule has 1 saturated heterocycles.